The largest absolute Gasteiger partial charge is 0.338 e. The fourth-order valence-electron chi connectivity index (χ4n) is 7.29. The van der Waals surface area contributed by atoms with Crippen LogP contribution >= 0.6 is 0 Å². The summed E-state index contributed by atoms with van der Waals surface area (Å²) in [5.41, 5.74) is 5.97. The van der Waals surface area contributed by atoms with Crippen LogP contribution in [0, 0.1) is 0 Å². The van der Waals surface area contributed by atoms with E-state index >= 15 is 0 Å². The van der Waals surface area contributed by atoms with Crippen LogP contribution in [0.25, 0.3) is 0 Å². The van der Waals surface area contributed by atoms with Gasteiger partial charge in [-0.2, -0.15) is 0 Å². The highest BCUT2D eigenvalue weighted by molar-refractivity contribution is 6.03. The number of amides is 2. The van der Waals surface area contributed by atoms with Gasteiger partial charge in [-0.15, -0.1) is 0 Å². The molecule has 49 heavy (non-hydrogen) atoms. The van der Waals surface area contributed by atoms with E-state index in [0.717, 1.165) is 95.9 Å². The number of aromatic nitrogens is 2. The number of nitrogens with one attached hydrogen (secondary N) is 2. The average molecular weight is 660 g/mol. The zero-order valence-electron chi connectivity index (χ0n) is 28.6. The van der Waals surface area contributed by atoms with Crippen LogP contribution in [0.5, 0.6) is 0 Å². The van der Waals surface area contributed by atoms with Gasteiger partial charge in [0.1, 0.15) is 0 Å². The first-order valence-corrected chi connectivity index (χ1v) is 17.7. The first-order chi connectivity index (χ1) is 24.0. The smallest absolute Gasteiger partial charge is 0.255 e. The Morgan fingerprint density at radius 2 is 1.47 bits per heavy atom. The number of carbonyl (C=O) groups is 2. The molecule has 4 heterocycles. The summed E-state index contributed by atoms with van der Waals surface area (Å²) in [7, 11) is 0. The maximum absolute atomic E-state index is 13.4. The topological polar surface area (TPSA) is 93.7 Å². The Labute approximate surface area is 290 Å². The van der Waals surface area contributed by atoms with Crippen molar-refractivity contribution >= 4 is 17.5 Å². The molecule has 9 heteroatoms. The first-order valence-electron chi connectivity index (χ1n) is 17.7. The molecule has 2 aromatic carbocycles. The molecule has 0 atom stereocenters. The summed E-state index contributed by atoms with van der Waals surface area (Å²) in [4.78, 5) is 41.4. The van der Waals surface area contributed by atoms with E-state index < -0.39 is 0 Å². The van der Waals surface area contributed by atoms with Gasteiger partial charge >= 0.3 is 0 Å². The third kappa shape index (κ3) is 9.81. The van der Waals surface area contributed by atoms with Crippen molar-refractivity contribution in [3.8, 4) is 0 Å². The molecular weight excluding hydrogens is 610 g/mol. The molecule has 0 saturated carbocycles. The monoisotopic (exact) mass is 659 g/mol. The Balaban J connectivity index is 1.03. The molecule has 256 valence electrons. The van der Waals surface area contributed by atoms with E-state index in [4.69, 9.17) is 0 Å². The molecule has 2 aromatic heterocycles. The number of hydrogen-bond donors (Lipinski definition) is 2. The maximum atomic E-state index is 13.4. The van der Waals surface area contributed by atoms with Crippen molar-refractivity contribution in [2.45, 2.75) is 70.7 Å². The predicted molar refractivity (Wildman–Crippen MR) is 194 cm³/mol. The molecular formula is C40H49N7O2. The maximum Gasteiger partial charge on any atom is 0.255 e. The van der Waals surface area contributed by atoms with Crippen molar-refractivity contribution in [3.05, 3.63) is 125 Å². The minimum Gasteiger partial charge on any atom is -0.338 e. The lowest BCUT2D eigenvalue weighted by Gasteiger charge is -2.44. The second-order valence-electron chi connectivity index (χ2n) is 13.3. The zero-order valence-corrected chi connectivity index (χ0v) is 28.6. The molecule has 2 amide bonds. The Hall–Kier alpha value is -4.44. The molecule has 2 aliphatic heterocycles. The minimum absolute atomic E-state index is 0.00175. The lowest BCUT2D eigenvalue weighted by molar-refractivity contribution is -0.114. The van der Waals surface area contributed by atoms with E-state index in [9.17, 15) is 9.59 Å². The summed E-state index contributed by atoms with van der Waals surface area (Å²) < 4.78 is 0. The lowest BCUT2D eigenvalue weighted by atomic mass is 9.96. The molecule has 0 radical (unpaired) electrons. The molecule has 0 unspecified atom stereocenters. The van der Waals surface area contributed by atoms with Crippen LogP contribution in [0.4, 0.5) is 5.69 Å². The van der Waals surface area contributed by atoms with E-state index in [-0.39, 0.29) is 11.8 Å². The van der Waals surface area contributed by atoms with Crippen molar-refractivity contribution in [2.24, 2.45) is 0 Å². The molecule has 2 fully saturated rings. The highest BCUT2D eigenvalue weighted by Crippen LogP contribution is 2.27. The number of piperidine rings is 2. The third-order valence-electron chi connectivity index (χ3n) is 9.87. The highest BCUT2D eigenvalue weighted by Gasteiger charge is 2.32. The molecule has 6 rings (SSSR count). The van der Waals surface area contributed by atoms with Crippen LogP contribution in [0.2, 0.25) is 0 Å². The van der Waals surface area contributed by atoms with Gasteiger partial charge in [0, 0.05) is 82.8 Å². The molecule has 2 N–H and O–H groups in total. The summed E-state index contributed by atoms with van der Waals surface area (Å²) in [5.74, 6) is -0.172. The Morgan fingerprint density at radius 1 is 0.776 bits per heavy atom. The Morgan fingerprint density at radius 3 is 2.18 bits per heavy atom. The first kappa shape index (κ1) is 34.4. The summed E-state index contributed by atoms with van der Waals surface area (Å²) in [6.45, 7) is 8.56. The van der Waals surface area contributed by atoms with Crippen LogP contribution in [0.15, 0.2) is 97.3 Å². The van der Waals surface area contributed by atoms with Gasteiger partial charge in [0.15, 0.2) is 0 Å². The number of para-hydroxylation sites is 1. The Kier molecular flexibility index (Phi) is 12.1. The lowest BCUT2D eigenvalue weighted by Crippen LogP contribution is -2.52. The van der Waals surface area contributed by atoms with Crippen molar-refractivity contribution in [2.75, 3.05) is 38.0 Å². The molecule has 2 saturated heterocycles. The normalized spacial score (nSPS) is 16.2. The van der Waals surface area contributed by atoms with Gasteiger partial charge in [0.25, 0.3) is 5.91 Å². The van der Waals surface area contributed by atoms with Gasteiger partial charge in [-0.1, -0.05) is 48.5 Å². The van der Waals surface area contributed by atoms with Gasteiger partial charge in [0.2, 0.25) is 5.91 Å². The van der Waals surface area contributed by atoms with E-state index in [2.05, 4.69) is 72.9 Å². The van der Waals surface area contributed by atoms with Crippen LogP contribution in [0.3, 0.4) is 0 Å². The standard InChI is InChI=1S/C40H49N7O2/c1-31(48)44-39-14-3-2-13-38(39)40(49)46-25-18-36(19-26-46)45-23-16-37(17-24-45)47(22-15-34-11-4-6-20-42-34)30-33-10-8-9-32(27-33)28-41-29-35-12-5-7-21-43-35/h2-14,20-21,27,36-37,41H,15-19,22-26,28-30H2,1H3,(H,44,48). The van der Waals surface area contributed by atoms with E-state index in [1.54, 1.807) is 12.1 Å². The van der Waals surface area contributed by atoms with E-state index in [1.807, 2.05) is 47.6 Å². The second kappa shape index (κ2) is 17.3. The number of nitrogens with zero attached hydrogens (tertiary/aromatic N) is 5. The average Bonchev–Trinajstić information content (AvgIpc) is 3.14. The van der Waals surface area contributed by atoms with Crippen molar-refractivity contribution < 1.29 is 9.59 Å². The summed E-state index contributed by atoms with van der Waals surface area (Å²) in [5, 5.41) is 6.35. The fourth-order valence-corrected chi connectivity index (χ4v) is 7.29. The molecule has 9 nitrogen and oxygen atoms in total. The second-order valence-corrected chi connectivity index (χ2v) is 13.3. The van der Waals surface area contributed by atoms with Gasteiger partial charge in [-0.3, -0.25) is 24.5 Å². The molecule has 0 bridgehead atoms. The van der Waals surface area contributed by atoms with Crippen molar-refractivity contribution in [1.29, 1.82) is 0 Å². The summed E-state index contributed by atoms with van der Waals surface area (Å²) in [6.07, 6.45) is 8.89. The van der Waals surface area contributed by atoms with Gasteiger partial charge in [0.05, 0.1) is 16.9 Å². The van der Waals surface area contributed by atoms with Crippen molar-refractivity contribution in [3.63, 3.8) is 0 Å². The van der Waals surface area contributed by atoms with Crippen molar-refractivity contribution in [1.82, 2.24) is 30.0 Å². The highest BCUT2D eigenvalue weighted by atomic mass is 16.2. The van der Waals surface area contributed by atoms with Crippen LogP contribution in [-0.2, 0) is 30.8 Å². The molecule has 4 aromatic rings. The predicted octanol–water partition coefficient (Wildman–Crippen LogP) is 5.54. The Bertz CT molecular complexity index is 1630. The number of hydrogen-bond acceptors (Lipinski definition) is 7. The number of likely N-dealkylation sites (tertiary alicyclic amines) is 2. The summed E-state index contributed by atoms with van der Waals surface area (Å²) in [6, 6.07) is 29.5. The van der Waals surface area contributed by atoms with E-state index in [0.29, 0.717) is 23.3 Å². The van der Waals surface area contributed by atoms with Gasteiger partial charge in [-0.05, 0) is 86.3 Å². The molecule has 2 aliphatic rings. The van der Waals surface area contributed by atoms with Crippen LogP contribution < -0.4 is 10.6 Å². The zero-order chi connectivity index (χ0) is 33.8. The number of benzene rings is 2. The quantitative estimate of drug-likeness (QED) is 0.195. The minimum atomic E-state index is -0.170. The van der Waals surface area contributed by atoms with Gasteiger partial charge < -0.3 is 20.4 Å². The third-order valence-corrected chi connectivity index (χ3v) is 9.87. The number of carbonyl (C=O) groups excluding carboxylic acids is 2. The van der Waals surface area contributed by atoms with Gasteiger partial charge in [-0.25, -0.2) is 0 Å². The SMILES string of the molecule is CC(=O)Nc1ccccc1C(=O)N1CCC(N2CCC(N(CCc3ccccn3)Cc3cccc(CNCc4ccccn4)c3)CC2)CC1. The van der Waals surface area contributed by atoms with Crippen LogP contribution in [0.1, 0.15) is 65.5 Å². The number of rotatable bonds is 13. The molecule has 0 spiro atoms. The number of anilines is 1. The summed E-state index contributed by atoms with van der Waals surface area (Å²) >= 11 is 0. The fraction of sp³-hybridized carbons (Fsp3) is 0.400. The van der Waals surface area contributed by atoms with E-state index in [1.165, 1.54) is 18.1 Å². The van der Waals surface area contributed by atoms with Crippen LogP contribution in [-0.4, -0.2) is 81.3 Å². The molecule has 0 aliphatic carbocycles. The number of pyridine rings is 2.